The second-order valence-electron chi connectivity index (χ2n) is 9.38. The van der Waals surface area contributed by atoms with E-state index in [0.29, 0.717) is 17.5 Å². The molecule has 0 saturated heterocycles. The number of nitrogens with zero attached hydrogens (tertiary/aromatic N) is 3. The number of aromatic nitrogens is 3. The molecular weight excluding hydrogens is 462 g/mol. The van der Waals surface area contributed by atoms with Gasteiger partial charge in [0.2, 0.25) is 0 Å². The van der Waals surface area contributed by atoms with E-state index >= 15 is 0 Å². The van der Waals surface area contributed by atoms with E-state index in [1.54, 1.807) is 0 Å². The summed E-state index contributed by atoms with van der Waals surface area (Å²) in [4.78, 5) is 14.8. The minimum atomic E-state index is 0.661. The van der Waals surface area contributed by atoms with E-state index in [4.69, 9.17) is 15.0 Å². The quantitative estimate of drug-likeness (QED) is 0.250. The zero-order valence-corrected chi connectivity index (χ0v) is 20.6. The molecule has 0 aliphatic carbocycles. The predicted molar refractivity (Wildman–Crippen MR) is 157 cm³/mol. The molecule has 0 fully saturated rings. The molecule has 38 heavy (non-hydrogen) atoms. The Kier molecular flexibility index (Phi) is 5.45. The lowest BCUT2D eigenvalue weighted by Crippen LogP contribution is -2.00. The maximum absolute atomic E-state index is 4.97. The molecule has 0 amide bonds. The first-order chi connectivity index (χ1) is 18.8. The first-order valence-corrected chi connectivity index (χ1v) is 12.7. The van der Waals surface area contributed by atoms with Gasteiger partial charge in [0.25, 0.3) is 0 Å². The Hall–Kier alpha value is -5.15. The molecule has 0 spiro atoms. The molecule has 0 bridgehead atoms. The van der Waals surface area contributed by atoms with Crippen LogP contribution in [0.2, 0.25) is 0 Å². The molecule has 0 radical (unpaired) electrons. The van der Waals surface area contributed by atoms with Gasteiger partial charge in [0.1, 0.15) is 0 Å². The molecule has 3 nitrogen and oxygen atoms in total. The number of rotatable bonds is 4. The third-order valence-electron chi connectivity index (χ3n) is 6.88. The van der Waals surface area contributed by atoms with Crippen LogP contribution in [0, 0.1) is 0 Å². The minimum absolute atomic E-state index is 0.661. The summed E-state index contributed by atoms with van der Waals surface area (Å²) >= 11 is 0. The molecular formula is C35H23N3. The standard InChI is InChI=1S/C35H23N3/c1-3-9-24(10-4-1)29-18-15-26-17-20-31(23-32(26)22-29)35-37-33(27-12-5-2-6-13-27)36-34(38-35)30-19-16-25-11-7-8-14-28(25)21-30/h1-23H. The van der Waals surface area contributed by atoms with E-state index in [2.05, 4.69) is 103 Å². The van der Waals surface area contributed by atoms with Gasteiger partial charge in [-0.05, 0) is 50.9 Å². The van der Waals surface area contributed by atoms with Crippen LogP contribution in [-0.4, -0.2) is 15.0 Å². The summed E-state index contributed by atoms with van der Waals surface area (Å²) in [6, 6.07) is 48.2. The highest BCUT2D eigenvalue weighted by molar-refractivity contribution is 5.91. The van der Waals surface area contributed by atoms with Gasteiger partial charge >= 0.3 is 0 Å². The molecule has 3 heteroatoms. The first-order valence-electron chi connectivity index (χ1n) is 12.7. The third kappa shape index (κ3) is 4.21. The predicted octanol–water partition coefficient (Wildman–Crippen LogP) is 8.85. The van der Waals surface area contributed by atoms with Crippen molar-refractivity contribution in [1.82, 2.24) is 15.0 Å². The Labute approximate surface area is 221 Å². The van der Waals surface area contributed by atoms with Crippen molar-refractivity contribution in [2.24, 2.45) is 0 Å². The number of hydrogen-bond donors (Lipinski definition) is 0. The van der Waals surface area contributed by atoms with Crippen LogP contribution in [-0.2, 0) is 0 Å². The van der Waals surface area contributed by atoms with Gasteiger partial charge in [0.05, 0.1) is 0 Å². The van der Waals surface area contributed by atoms with E-state index in [1.807, 2.05) is 36.4 Å². The van der Waals surface area contributed by atoms with E-state index in [9.17, 15) is 0 Å². The SMILES string of the molecule is c1ccc(-c2ccc3ccc(-c4nc(-c5ccccc5)nc(-c5ccc6ccccc6c5)n4)cc3c2)cc1. The minimum Gasteiger partial charge on any atom is -0.208 e. The lowest BCUT2D eigenvalue weighted by atomic mass is 10.00. The molecule has 0 aliphatic heterocycles. The molecule has 0 N–H and O–H groups in total. The topological polar surface area (TPSA) is 38.7 Å². The van der Waals surface area contributed by atoms with Crippen LogP contribution in [0.4, 0.5) is 0 Å². The van der Waals surface area contributed by atoms with Crippen molar-refractivity contribution in [3.05, 3.63) is 140 Å². The highest BCUT2D eigenvalue weighted by atomic mass is 15.0. The Morgan fingerprint density at radius 2 is 0.684 bits per heavy atom. The molecule has 6 aromatic carbocycles. The van der Waals surface area contributed by atoms with E-state index in [-0.39, 0.29) is 0 Å². The zero-order chi connectivity index (χ0) is 25.3. The maximum atomic E-state index is 4.97. The van der Waals surface area contributed by atoms with Crippen molar-refractivity contribution in [3.8, 4) is 45.3 Å². The van der Waals surface area contributed by atoms with Crippen LogP contribution in [0.5, 0.6) is 0 Å². The normalized spacial score (nSPS) is 11.2. The smallest absolute Gasteiger partial charge is 0.164 e. The van der Waals surface area contributed by atoms with Crippen LogP contribution in [0.25, 0.3) is 66.8 Å². The molecule has 0 atom stereocenters. The summed E-state index contributed by atoms with van der Waals surface area (Å²) in [6.45, 7) is 0. The van der Waals surface area contributed by atoms with Crippen molar-refractivity contribution in [1.29, 1.82) is 0 Å². The Morgan fingerprint density at radius 1 is 0.263 bits per heavy atom. The Balaban J connectivity index is 1.39. The summed E-state index contributed by atoms with van der Waals surface area (Å²) in [5.41, 5.74) is 5.28. The van der Waals surface area contributed by atoms with Crippen LogP contribution in [0.3, 0.4) is 0 Å². The molecule has 0 saturated carbocycles. The van der Waals surface area contributed by atoms with Crippen molar-refractivity contribution in [3.63, 3.8) is 0 Å². The number of fused-ring (bicyclic) bond motifs is 2. The van der Waals surface area contributed by atoms with E-state index in [0.717, 1.165) is 27.5 Å². The van der Waals surface area contributed by atoms with Crippen molar-refractivity contribution >= 4 is 21.5 Å². The fourth-order valence-corrected chi connectivity index (χ4v) is 4.87. The highest BCUT2D eigenvalue weighted by Gasteiger charge is 2.13. The third-order valence-corrected chi connectivity index (χ3v) is 6.88. The van der Waals surface area contributed by atoms with Gasteiger partial charge in [0.15, 0.2) is 17.5 Å². The van der Waals surface area contributed by atoms with Gasteiger partial charge in [-0.25, -0.2) is 15.0 Å². The number of benzene rings is 6. The van der Waals surface area contributed by atoms with E-state index < -0.39 is 0 Å². The molecule has 1 heterocycles. The van der Waals surface area contributed by atoms with Gasteiger partial charge in [-0.2, -0.15) is 0 Å². The molecule has 7 aromatic rings. The van der Waals surface area contributed by atoms with Crippen molar-refractivity contribution in [2.75, 3.05) is 0 Å². The fourth-order valence-electron chi connectivity index (χ4n) is 4.87. The molecule has 0 unspecified atom stereocenters. The summed E-state index contributed by atoms with van der Waals surface area (Å²) in [6.07, 6.45) is 0. The van der Waals surface area contributed by atoms with Crippen LogP contribution >= 0.6 is 0 Å². The largest absolute Gasteiger partial charge is 0.208 e. The first kappa shape index (κ1) is 22.1. The number of hydrogen-bond acceptors (Lipinski definition) is 3. The Morgan fingerprint density at radius 3 is 1.32 bits per heavy atom. The summed E-state index contributed by atoms with van der Waals surface area (Å²) in [5.74, 6) is 1.99. The summed E-state index contributed by atoms with van der Waals surface area (Å²) < 4.78 is 0. The van der Waals surface area contributed by atoms with Gasteiger partial charge < -0.3 is 0 Å². The van der Waals surface area contributed by atoms with Crippen LogP contribution in [0.1, 0.15) is 0 Å². The van der Waals surface area contributed by atoms with Gasteiger partial charge in [-0.15, -0.1) is 0 Å². The average Bonchev–Trinajstić information content (AvgIpc) is 3.01. The molecule has 178 valence electrons. The van der Waals surface area contributed by atoms with E-state index in [1.165, 1.54) is 21.9 Å². The van der Waals surface area contributed by atoms with Crippen molar-refractivity contribution < 1.29 is 0 Å². The van der Waals surface area contributed by atoms with Gasteiger partial charge in [-0.3, -0.25) is 0 Å². The lowest BCUT2D eigenvalue weighted by Gasteiger charge is -2.10. The zero-order valence-electron chi connectivity index (χ0n) is 20.6. The molecule has 7 rings (SSSR count). The second kappa shape index (κ2) is 9.38. The lowest BCUT2D eigenvalue weighted by molar-refractivity contribution is 1.08. The van der Waals surface area contributed by atoms with Crippen LogP contribution < -0.4 is 0 Å². The summed E-state index contributed by atoms with van der Waals surface area (Å²) in [7, 11) is 0. The highest BCUT2D eigenvalue weighted by Crippen LogP contribution is 2.30. The fraction of sp³-hybridized carbons (Fsp3) is 0. The maximum Gasteiger partial charge on any atom is 0.164 e. The second-order valence-corrected chi connectivity index (χ2v) is 9.38. The molecule has 0 aliphatic rings. The van der Waals surface area contributed by atoms with Crippen LogP contribution in [0.15, 0.2) is 140 Å². The molecule has 1 aromatic heterocycles. The van der Waals surface area contributed by atoms with Crippen molar-refractivity contribution in [2.45, 2.75) is 0 Å². The van der Waals surface area contributed by atoms with Gasteiger partial charge in [0, 0.05) is 16.7 Å². The Bertz CT molecular complexity index is 1910. The van der Waals surface area contributed by atoms with Gasteiger partial charge in [-0.1, -0.05) is 121 Å². The summed E-state index contributed by atoms with van der Waals surface area (Å²) in [5, 5.41) is 4.68. The monoisotopic (exact) mass is 485 g/mol. The average molecular weight is 486 g/mol.